The monoisotopic (exact) mass is 399 g/mol. The first-order chi connectivity index (χ1) is 12.1. The third kappa shape index (κ3) is 2.01. The summed E-state index contributed by atoms with van der Waals surface area (Å²) in [5.41, 5.74) is 0.922. The molecule has 0 aliphatic heterocycles. The van der Waals surface area contributed by atoms with Crippen LogP contribution in [0.5, 0.6) is 5.75 Å². The summed E-state index contributed by atoms with van der Waals surface area (Å²) in [6.45, 7) is 2.13. The summed E-state index contributed by atoms with van der Waals surface area (Å²) in [7, 11) is 1.53. The largest absolute Gasteiger partial charge is 0.497 e. The van der Waals surface area contributed by atoms with Crippen LogP contribution in [0.4, 0.5) is 0 Å². The number of fused-ring (bicyclic) bond motifs is 5. The molecule has 0 amide bonds. The normalized spacial score (nSPS) is 49.1. The topological polar surface area (TPSA) is 9.23 Å². The van der Waals surface area contributed by atoms with Gasteiger partial charge >= 0.3 is 0 Å². The molecule has 0 bridgehead atoms. The maximum absolute atomic E-state index is 8.85. The Labute approximate surface area is 148 Å². The van der Waals surface area contributed by atoms with Gasteiger partial charge in [0.25, 0.3) is 0 Å². The number of ether oxygens (including phenoxy) is 1. The van der Waals surface area contributed by atoms with Crippen molar-refractivity contribution in [1.29, 1.82) is 0 Å². The van der Waals surface area contributed by atoms with Crippen molar-refractivity contribution in [2.24, 2.45) is 17.3 Å². The number of hydrogen-bond acceptors (Lipinski definition) is 1. The zero-order valence-electron chi connectivity index (χ0n) is 17.3. The minimum atomic E-state index is -2.12. The average molecular weight is 399 g/mol. The Hall–Kier alpha value is -0.510. The predicted octanol–water partition coefficient (Wildman–Crippen LogP) is 5.48. The fourth-order valence-electron chi connectivity index (χ4n) is 4.19. The highest BCUT2D eigenvalue weighted by molar-refractivity contribution is 14.1. The van der Waals surface area contributed by atoms with Gasteiger partial charge < -0.3 is 4.74 Å². The van der Waals surface area contributed by atoms with Crippen LogP contribution in [0.3, 0.4) is 0 Å². The highest BCUT2D eigenvalue weighted by Crippen LogP contribution is 2.62. The number of halogens is 1. The van der Waals surface area contributed by atoms with E-state index in [2.05, 4.69) is 35.6 Å². The number of aryl methyl sites for hydroxylation is 1. The first-order valence-corrected chi connectivity index (χ1v) is 8.60. The molecule has 0 spiro atoms. The number of allylic oxidation sites excluding steroid dienone is 2. The van der Waals surface area contributed by atoms with Crippen LogP contribution in [0.2, 0.25) is 0 Å². The maximum atomic E-state index is 8.85. The molecular formula is C19H23IO. The van der Waals surface area contributed by atoms with Crippen LogP contribution in [0.15, 0.2) is 27.9 Å². The lowest BCUT2D eigenvalue weighted by Crippen LogP contribution is -2.40. The molecule has 0 heterocycles. The van der Waals surface area contributed by atoms with Gasteiger partial charge in [-0.3, -0.25) is 0 Å². The second-order valence-electron chi connectivity index (χ2n) is 6.53. The number of hydrogen-bond donors (Lipinski definition) is 0. The van der Waals surface area contributed by atoms with E-state index in [0.29, 0.717) is 17.7 Å². The van der Waals surface area contributed by atoms with Gasteiger partial charge in [-0.2, -0.15) is 0 Å². The standard InChI is InChI=1S/C19H23IO/c1-19-10-9-15-14-6-4-13(21-2)11-12(14)3-5-16(15)17(19)7-8-18(19)20/h4,6,8,11,15-17H,3,5,7,9-10H2,1-2H3/t15-,16-,17+,19+/m1/s1/i3D2,5D2,9D/t9?,15-,16-,17+,19+. The van der Waals surface area contributed by atoms with Crippen LogP contribution >= 0.6 is 22.6 Å². The smallest absolute Gasteiger partial charge is 0.119 e. The van der Waals surface area contributed by atoms with E-state index in [4.69, 9.17) is 11.6 Å². The molecule has 5 atom stereocenters. The van der Waals surface area contributed by atoms with Gasteiger partial charge in [-0.1, -0.05) is 19.1 Å². The second-order valence-corrected chi connectivity index (χ2v) is 7.69. The van der Waals surface area contributed by atoms with Gasteiger partial charge in [-0.15, -0.1) is 0 Å². The van der Waals surface area contributed by atoms with E-state index in [1.54, 1.807) is 6.07 Å². The Morgan fingerprint density at radius 2 is 2.29 bits per heavy atom. The van der Waals surface area contributed by atoms with E-state index >= 15 is 0 Å². The van der Waals surface area contributed by atoms with Gasteiger partial charge in [0, 0.05) is 12.3 Å². The Morgan fingerprint density at radius 1 is 1.43 bits per heavy atom. The molecule has 0 N–H and O–H groups in total. The molecule has 1 aromatic rings. The van der Waals surface area contributed by atoms with Crippen LogP contribution in [0.25, 0.3) is 0 Å². The van der Waals surface area contributed by atoms with Crippen molar-refractivity contribution in [3.8, 4) is 5.75 Å². The molecule has 3 aliphatic rings. The fraction of sp³-hybridized carbons (Fsp3) is 0.579. The zero-order chi connectivity index (χ0) is 19.1. The molecule has 21 heavy (non-hydrogen) atoms. The minimum Gasteiger partial charge on any atom is -0.497 e. The zero-order valence-corrected chi connectivity index (χ0v) is 14.5. The SMILES string of the molecule is [2H]C1C[C@]2(C)C(I)=CC[C@H]2[C@H]2[C@H]1c1ccc(OC)cc1C([2H])([2H])C2([2H])[2H]. The lowest BCUT2D eigenvalue weighted by molar-refractivity contribution is 0.0815. The summed E-state index contributed by atoms with van der Waals surface area (Å²) >= 11 is 2.33. The van der Waals surface area contributed by atoms with Crippen LogP contribution in [-0.4, -0.2) is 7.11 Å². The van der Waals surface area contributed by atoms with Crippen molar-refractivity contribution in [2.45, 2.75) is 44.8 Å². The maximum Gasteiger partial charge on any atom is 0.119 e. The number of rotatable bonds is 1. The van der Waals surface area contributed by atoms with Gasteiger partial charge in [0.2, 0.25) is 0 Å². The van der Waals surface area contributed by atoms with Crippen molar-refractivity contribution in [1.82, 2.24) is 0 Å². The van der Waals surface area contributed by atoms with Gasteiger partial charge in [0.1, 0.15) is 5.75 Å². The first kappa shape index (κ1) is 9.59. The van der Waals surface area contributed by atoms with Crippen molar-refractivity contribution in [3.05, 3.63) is 39.0 Å². The summed E-state index contributed by atoms with van der Waals surface area (Å²) in [5, 5.41) is 0. The fourth-order valence-corrected chi connectivity index (χ4v) is 5.07. The van der Waals surface area contributed by atoms with E-state index in [1.807, 2.05) is 12.1 Å². The van der Waals surface area contributed by atoms with Crippen molar-refractivity contribution >= 4 is 22.6 Å². The summed E-state index contributed by atoms with van der Waals surface area (Å²) < 4.78 is 50.4. The van der Waals surface area contributed by atoms with Gasteiger partial charge in [-0.25, -0.2) is 0 Å². The Bertz CT molecular complexity index is 792. The highest BCUT2D eigenvalue weighted by atomic mass is 127. The minimum absolute atomic E-state index is 0.0290. The summed E-state index contributed by atoms with van der Waals surface area (Å²) in [6.07, 6.45) is -0.991. The molecule has 112 valence electrons. The van der Waals surface area contributed by atoms with E-state index in [0.717, 1.165) is 12.0 Å². The molecule has 1 aromatic carbocycles. The van der Waals surface area contributed by atoms with Crippen molar-refractivity contribution in [3.63, 3.8) is 0 Å². The van der Waals surface area contributed by atoms with Gasteiger partial charge in [-0.05, 0) is 99.2 Å². The average Bonchev–Trinajstić information content (AvgIpc) is 2.86. The second kappa shape index (κ2) is 5.00. The summed E-state index contributed by atoms with van der Waals surface area (Å²) in [6, 6.07) is 5.29. The molecule has 1 fully saturated rings. The van der Waals surface area contributed by atoms with Crippen LogP contribution < -0.4 is 4.74 Å². The molecule has 3 aliphatic carbocycles. The third-order valence-electron chi connectivity index (χ3n) is 5.52. The molecular weight excluding hydrogens is 371 g/mol. The van der Waals surface area contributed by atoms with E-state index in [9.17, 15) is 0 Å². The molecule has 2 heteroatoms. The van der Waals surface area contributed by atoms with Gasteiger partial charge in [0.05, 0.1) is 7.11 Å². The summed E-state index contributed by atoms with van der Waals surface area (Å²) in [5.74, 6) is -0.242. The molecule has 1 saturated carbocycles. The lowest BCUT2D eigenvalue weighted by Gasteiger charge is -2.49. The van der Waals surface area contributed by atoms with Crippen molar-refractivity contribution in [2.75, 3.05) is 7.11 Å². The van der Waals surface area contributed by atoms with Crippen LogP contribution in [-0.2, 0) is 6.37 Å². The number of benzene rings is 1. The van der Waals surface area contributed by atoms with E-state index in [1.165, 1.54) is 10.7 Å². The quantitative estimate of drug-likeness (QED) is 0.569. The lowest BCUT2D eigenvalue weighted by atomic mass is 9.56. The number of methoxy groups -OCH3 is 1. The molecule has 4 rings (SSSR count). The first-order valence-electron chi connectivity index (χ1n) is 10.1. The molecule has 0 radical (unpaired) electrons. The molecule has 1 nitrogen and oxygen atoms in total. The van der Waals surface area contributed by atoms with Crippen molar-refractivity contribution < 1.29 is 11.6 Å². The van der Waals surface area contributed by atoms with Crippen LogP contribution in [0, 0.1) is 17.3 Å². The van der Waals surface area contributed by atoms with E-state index in [-0.39, 0.29) is 17.3 Å². The Morgan fingerprint density at radius 3 is 3.10 bits per heavy atom. The summed E-state index contributed by atoms with van der Waals surface area (Å²) in [4.78, 5) is 0. The predicted molar refractivity (Wildman–Crippen MR) is 95.1 cm³/mol. The molecule has 1 unspecified atom stereocenters. The van der Waals surface area contributed by atoms with E-state index < -0.39 is 25.1 Å². The van der Waals surface area contributed by atoms with Crippen LogP contribution in [0.1, 0.15) is 56.4 Å². The molecule has 0 saturated heterocycles. The molecule has 0 aromatic heterocycles. The highest BCUT2D eigenvalue weighted by Gasteiger charge is 2.51. The van der Waals surface area contributed by atoms with Gasteiger partial charge in [0.15, 0.2) is 0 Å². The Kier molecular flexibility index (Phi) is 2.29. The third-order valence-corrected chi connectivity index (χ3v) is 7.20. The Balaban J connectivity index is 1.94.